The van der Waals surface area contributed by atoms with E-state index in [0.717, 1.165) is 5.75 Å². The quantitative estimate of drug-likeness (QED) is 0.705. The van der Waals surface area contributed by atoms with Crippen molar-refractivity contribution in [2.45, 2.75) is 20.0 Å². The summed E-state index contributed by atoms with van der Waals surface area (Å²) in [6, 6.07) is 9.34. The molecule has 0 heterocycles. The van der Waals surface area contributed by atoms with Gasteiger partial charge in [0.05, 0.1) is 6.54 Å². The maximum absolute atomic E-state index is 11.7. The van der Waals surface area contributed by atoms with E-state index in [1.54, 1.807) is 4.90 Å². The molecule has 1 atom stereocenters. The Bertz CT molecular complexity index is 380. The Labute approximate surface area is 120 Å². The van der Waals surface area contributed by atoms with E-state index in [0.29, 0.717) is 19.6 Å². The lowest BCUT2D eigenvalue weighted by atomic mass is 10.3. The van der Waals surface area contributed by atoms with Gasteiger partial charge in [0.15, 0.2) is 0 Å². The largest absolute Gasteiger partial charge is 0.491 e. The van der Waals surface area contributed by atoms with Crippen LogP contribution in [0.3, 0.4) is 0 Å². The molecule has 0 saturated carbocycles. The molecule has 0 aliphatic rings. The number of ether oxygens (including phenoxy) is 1. The third-order valence-corrected chi connectivity index (χ3v) is 2.96. The molecular formula is C15H24N2O3. The van der Waals surface area contributed by atoms with Gasteiger partial charge in [0, 0.05) is 19.6 Å². The fourth-order valence-corrected chi connectivity index (χ4v) is 1.80. The van der Waals surface area contributed by atoms with Crippen molar-refractivity contribution in [1.82, 2.24) is 10.2 Å². The lowest BCUT2D eigenvalue weighted by Crippen LogP contribution is -2.41. The summed E-state index contributed by atoms with van der Waals surface area (Å²) in [5.41, 5.74) is 0. The monoisotopic (exact) mass is 280 g/mol. The van der Waals surface area contributed by atoms with Gasteiger partial charge in [0.25, 0.3) is 0 Å². The second-order valence-corrected chi connectivity index (χ2v) is 4.47. The zero-order chi connectivity index (χ0) is 14.8. The summed E-state index contributed by atoms with van der Waals surface area (Å²) >= 11 is 0. The average Bonchev–Trinajstić information content (AvgIpc) is 2.47. The summed E-state index contributed by atoms with van der Waals surface area (Å²) in [4.78, 5) is 13.5. The molecule has 20 heavy (non-hydrogen) atoms. The SMILES string of the molecule is CCN(CC)C(=O)CNCC(O)COc1ccccc1. The molecule has 0 aliphatic carbocycles. The maximum Gasteiger partial charge on any atom is 0.236 e. The van der Waals surface area contributed by atoms with E-state index >= 15 is 0 Å². The number of likely N-dealkylation sites (N-methyl/N-ethyl adjacent to an activating group) is 1. The first-order valence-corrected chi connectivity index (χ1v) is 7.01. The Morgan fingerprint density at radius 1 is 1.30 bits per heavy atom. The number of hydrogen-bond acceptors (Lipinski definition) is 4. The van der Waals surface area contributed by atoms with Crippen LogP contribution in [-0.2, 0) is 4.79 Å². The summed E-state index contributed by atoms with van der Waals surface area (Å²) in [6.45, 7) is 6.08. The smallest absolute Gasteiger partial charge is 0.236 e. The van der Waals surface area contributed by atoms with E-state index in [1.165, 1.54) is 0 Å². The molecule has 1 aromatic carbocycles. The van der Waals surface area contributed by atoms with Gasteiger partial charge in [-0.25, -0.2) is 0 Å². The summed E-state index contributed by atoms with van der Waals surface area (Å²) in [7, 11) is 0. The van der Waals surface area contributed by atoms with E-state index in [1.807, 2.05) is 44.2 Å². The molecule has 0 radical (unpaired) electrons. The first-order valence-electron chi connectivity index (χ1n) is 7.01. The number of hydrogen-bond donors (Lipinski definition) is 2. The maximum atomic E-state index is 11.7. The van der Waals surface area contributed by atoms with Crippen LogP contribution in [0.25, 0.3) is 0 Å². The van der Waals surface area contributed by atoms with Gasteiger partial charge in [0.1, 0.15) is 18.5 Å². The summed E-state index contributed by atoms with van der Waals surface area (Å²) in [6.07, 6.45) is -0.639. The number of aliphatic hydroxyl groups is 1. The van der Waals surface area contributed by atoms with Crippen molar-refractivity contribution in [3.8, 4) is 5.75 Å². The number of nitrogens with zero attached hydrogens (tertiary/aromatic N) is 1. The lowest BCUT2D eigenvalue weighted by Gasteiger charge is -2.19. The van der Waals surface area contributed by atoms with Crippen molar-refractivity contribution in [2.75, 3.05) is 32.8 Å². The predicted octanol–water partition coefficient (Wildman–Crippen LogP) is 0.884. The lowest BCUT2D eigenvalue weighted by molar-refractivity contribution is -0.129. The molecule has 0 saturated heterocycles. The van der Waals surface area contributed by atoms with Gasteiger partial charge in [-0.1, -0.05) is 18.2 Å². The number of nitrogens with one attached hydrogen (secondary N) is 1. The second-order valence-electron chi connectivity index (χ2n) is 4.47. The number of rotatable bonds is 9. The molecule has 5 nitrogen and oxygen atoms in total. The van der Waals surface area contributed by atoms with Crippen LogP contribution in [0, 0.1) is 0 Å². The highest BCUT2D eigenvalue weighted by atomic mass is 16.5. The van der Waals surface area contributed by atoms with Gasteiger partial charge in [-0.3, -0.25) is 4.79 Å². The highest BCUT2D eigenvalue weighted by Gasteiger charge is 2.10. The van der Waals surface area contributed by atoms with Crippen LogP contribution in [0.5, 0.6) is 5.75 Å². The van der Waals surface area contributed by atoms with Crippen molar-refractivity contribution >= 4 is 5.91 Å². The van der Waals surface area contributed by atoms with Crippen LogP contribution < -0.4 is 10.1 Å². The molecule has 0 bridgehead atoms. The Balaban J connectivity index is 2.17. The summed E-state index contributed by atoms with van der Waals surface area (Å²) in [5.74, 6) is 0.775. The zero-order valence-electron chi connectivity index (χ0n) is 12.2. The fourth-order valence-electron chi connectivity index (χ4n) is 1.80. The molecule has 0 spiro atoms. The average molecular weight is 280 g/mol. The fraction of sp³-hybridized carbons (Fsp3) is 0.533. The minimum Gasteiger partial charge on any atom is -0.491 e. The van der Waals surface area contributed by atoms with Crippen molar-refractivity contribution < 1.29 is 14.6 Å². The third-order valence-electron chi connectivity index (χ3n) is 2.96. The molecule has 1 unspecified atom stereocenters. The number of aliphatic hydroxyl groups excluding tert-OH is 1. The minimum atomic E-state index is -0.639. The van der Waals surface area contributed by atoms with Gasteiger partial charge >= 0.3 is 0 Å². The van der Waals surface area contributed by atoms with E-state index in [2.05, 4.69) is 5.32 Å². The number of para-hydroxylation sites is 1. The molecule has 0 aromatic heterocycles. The predicted molar refractivity (Wildman–Crippen MR) is 78.7 cm³/mol. The molecular weight excluding hydrogens is 256 g/mol. The Morgan fingerprint density at radius 2 is 1.95 bits per heavy atom. The Kier molecular flexibility index (Phi) is 7.69. The number of carbonyl (C=O) groups is 1. The Morgan fingerprint density at radius 3 is 2.55 bits per heavy atom. The topological polar surface area (TPSA) is 61.8 Å². The molecule has 2 N–H and O–H groups in total. The standard InChI is InChI=1S/C15H24N2O3/c1-3-17(4-2)15(19)11-16-10-13(18)12-20-14-8-6-5-7-9-14/h5-9,13,16,18H,3-4,10-12H2,1-2H3. The van der Waals surface area contributed by atoms with E-state index in [4.69, 9.17) is 4.74 Å². The van der Waals surface area contributed by atoms with Gasteiger partial charge in [-0.05, 0) is 26.0 Å². The van der Waals surface area contributed by atoms with Crippen LogP contribution in [0.15, 0.2) is 30.3 Å². The van der Waals surface area contributed by atoms with Crippen LogP contribution in [0.1, 0.15) is 13.8 Å². The normalized spacial score (nSPS) is 11.9. The highest BCUT2D eigenvalue weighted by molar-refractivity contribution is 5.78. The summed E-state index contributed by atoms with van der Waals surface area (Å²) < 4.78 is 5.43. The van der Waals surface area contributed by atoms with Crippen LogP contribution >= 0.6 is 0 Å². The number of benzene rings is 1. The van der Waals surface area contributed by atoms with Crippen molar-refractivity contribution in [3.05, 3.63) is 30.3 Å². The molecule has 1 amide bonds. The number of amides is 1. The van der Waals surface area contributed by atoms with Gasteiger partial charge in [0.2, 0.25) is 5.91 Å². The highest BCUT2D eigenvalue weighted by Crippen LogP contribution is 2.08. The first-order chi connectivity index (χ1) is 9.67. The Hall–Kier alpha value is -1.59. The van der Waals surface area contributed by atoms with Crippen LogP contribution in [0.4, 0.5) is 0 Å². The van der Waals surface area contributed by atoms with E-state index in [9.17, 15) is 9.90 Å². The molecule has 112 valence electrons. The van der Waals surface area contributed by atoms with Crippen molar-refractivity contribution in [3.63, 3.8) is 0 Å². The molecule has 5 heteroatoms. The van der Waals surface area contributed by atoms with Gasteiger partial charge < -0.3 is 20.1 Å². The van der Waals surface area contributed by atoms with Gasteiger partial charge in [-0.15, -0.1) is 0 Å². The van der Waals surface area contributed by atoms with E-state index in [-0.39, 0.29) is 19.1 Å². The summed E-state index contributed by atoms with van der Waals surface area (Å²) in [5, 5.41) is 12.7. The minimum absolute atomic E-state index is 0.0474. The molecule has 0 aliphatic heterocycles. The zero-order valence-corrected chi connectivity index (χ0v) is 12.2. The third kappa shape index (κ3) is 6.04. The molecule has 1 rings (SSSR count). The number of carbonyl (C=O) groups excluding carboxylic acids is 1. The molecule has 1 aromatic rings. The van der Waals surface area contributed by atoms with Crippen LogP contribution in [-0.4, -0.2) is 54.8 Å². The van der Waals surface area contributed by atoms with Crippen LogP contribution in [0.2, 0.25) is 0 Å². The molecule has 0 fully saturated rings. The van der Waals surface area contributed by atoms with E-state index < -0.39 is 6.10 Å². The van der Waals surface area contributed by atoms with Crippen molar-refractivity contribution in [2.24, 2.45) is 0 Å². The first kappa shape index (κ1) is 16.5. The second kappa shape index (κ2) is 9.34. The van der Waals surface area contributed by atoms with Crippen molar-refractivity contribution in [1.29, 1.82) is 0 Å². The van der Waals surface area contributed by atoms with Gasteiger partial charge in [-0.2, -0.15) is 0 Å².